The molecule has 0 bridgehead atoms. The highest BCUT2D eigenvalue weighted by Gasteiger charge is 2.43. The average molecular weight is 312 g/mol. The summed E-state index contributed by atoms with van der Waals surface area (Å²) < 4.78 is 13.0. The van der Waals surface area contributed by atoms with Crippen LogP contribution >= 0.6 is 11.6 Å². The molecule has 2 aliphatic heterocycles. The third-order valence-corrected chi connectivity index (χ3v) is 3.87. The normalized spacial score (nSPS) is 18.8. The maximum absolute atomic E-state index is 13.0. The number of imide groups is 1. The van der Waals surface area contributed by atoms with Gasteiger partial charge in [0.2, 0.25) is 5.91 Å². The van der Waals surface area contributed by atoms with Crippen LogP contribution < -0.4 is 5.32 Å². The summed E-state index contributed by atoms with van der Waals surface area (Å²) in [4.78, 5) is 37.8. The number of likely N-dealkylation sites (tertiary alicyclic amines) is 1. The number of halogens is 2. The molecule has 21 heavy (non-hydrogen) atoms. The van der Waals surface area contributed by atoms with E-state index >= 15 is 0 Å². The highest BCUT2D eigenvalue weighted by molar-refractivity contribution is 6.33. The SMILES string of the molecule is O=C(c1ccc(F)cc1Cl)N1CC(N2C(=O)CNC2=O)C1. The summed E-state index contributed by atoms with van der Waals surface area (Å²) in [5.74, 6) is -1.16. The van der Waals surface area contributed by atoms with Crippen LogP contribution in [0, 0.1) is 5.82 Å². The van der Waals surface area contributed by atoms with E-state index in [0.29, 0.717) is 0 Å². The number of hydrogen-bond donors (Lipinski definition) is 1. The number of carbonyl (C=O) groups excluding carboxylic acids is 3. The standard InChI is InChI=1S/C13H11ClFN3O3/c14-10-3-7(15)1-2-9(10)12(20)17-5-8(6-17)18-11(19)4-16-13(18)21/h1-3,8H,4-6H2,(H,16,21). The van der Waals surface area contributed by atoms with Gasteiger partial charge in [-0.3, -0.25) is 14.5 Å². The van der Waals surface area contributed by atoms with E-state index in [1.165, 1.54) is 11.0 Å². The van der Waals surface area contributed by atoms with E-state index in [0.717, 1.165) is 17.0 Å². The van der Waals surface area contributed by atoms with Crippen molar-refractivity contribution in [3.63, 3.8) is 0 Å². The largest absolute Gasteiger partial charge is 0.334 e. The molecule has 8 heteroatoms. The molecule has 0 radical (unpaired) electrons. The van der Waals surface area contributed by atoms with Crippen LogP contribution in [0.2, 0.25) is 5.02 Å². The molecule has 6 nitrogen and oxygen atoms in total. The molecule has 2 saturated heterocycles. The highest BCUT2D eigenvalue weighted by atomic mass is 35.5. The molecule has 0 saturated carbocycles. The summed E-state index contributed by atoms with van der Waals surface area (Å²) in [5, 5.41) is 2.47. The number of hydrogen-bond acceptors (Lipinski definition) is 3. The number of carbonyl (C=O) groups is 3. The van der Waals surface area contributed by atoms with Gasteiger partial charge in [-0.05, 0) is 18.2 Å². The molecule has 2 heterocycles. The van der Waals surface area contributed by atoms with Crippen molar-refractivity contribution in [2.75, 3.05) is 19.6 Å². The Bertz CT molecular complexity index is 630. The number of nitrogens with zero attached hydrogens (tertiary/aromatic N) is 2. The Morgan fingerprint density at radius 3 is 2.62 bits per heavy atom. The fraction of sp³-hybridized carbons (Fsp3) is 0.308. The Morgan fingerprint density at radius 2 is 2.05 bits per heavy atom. The first kappa shape index (κ1) is 13.8. The van der Waals surface area contributed by atoms with E-state index in [1.54, 1.807) is 0 Å². The van der Waals surface area contributed by atoms with Crippen LogP contribution in [0.1, 0.15) is 10.4 Å². The molecule has 3 rings (SSSR count). The third-order valence-electron chi connectivity index (χ3n) is 3.55. The predicted molar refractivity (Wildman–Crippen MR) is 71.3 cm³/mol. The lowest BCUT2D eigenvalue weighted by molar-refractivity contribution is -0.128. The Hall–Kier alpha value is -2.15. The Balaban J connectivity index is 1.67. The van der Waals surface area contributed by atoms with Crippen LogP contribution in [0.25, 0.3) is 0 Å². The molecule has 2 aliphatic rings. The monoisotopic (exact) mass is 311 g/mol. The summed E-state index contributed by atoms with van der Waals surface area (Å²) >= 11 is 5.84. The van der Waals surface area contributed by atoms with Crippen LogP contribution in [0.5, 0.6) is 0 Å². The van der Waals surface area contributed by atoms with Crippen LogP contribution in [0.15, 0.2) is 18.2 Å². The topological polar surface area (TPSA) is 69.7 Å². The fourth-order valence-corrected chi connectivity index (χ4v) is 2.67. The number of rotatable bonds is 2. The quantitative estimate of drug-likeness (QED) is 0.823. The van der Waals surface area contributed by atoms with Crippen molar-refractivity contribution < 1.29 is 18.8 Å². The van der Waals surface area contributed by atoms with Crippen LogP contribution in [0.4, 0.5) is 9.18 Å². The zero-order chi connectivity index (χ0) is 15.1. The van der Waals surface area contributed by atoms with Gasteiger partial charge in [0.05, 0.1) is 23.2 Å². The first-order chi connectivity index (χ1) is 9.97. The van der Waals surface area contributed by atoms with Gasteiger partial charge in [-0.2, -0.15) is 0 Å². The fourth-order valence-electron chi connectivity index (χ4n) is 2.42. The van der Waals surface area contributed by atoms with Crippen molar-refractivity contribution in [3.8, 4) is 0 Å². The number of nitrogens with one attached hydrogen (secondary N) is 1. The zero-order valence-electron chi connectivity index (χ0n) is 10.8. The molecule has 1 aromatic rings. The number of urea groups is 1. The van der Waals surface area contributed by atoms with Gasteiger partial charge >= 0.3 is 6.03 Å². The maximum Gasteiger partial charge on any atom is 0.324 e. The van der Waals surface area contributed by atoms with Crippen LogP contribution in [-0.4, -0.2) is 53.3 Å². The molecule has 2 fully saturated rings. The van der Waals surface area contributed by atoms with Gasteiger partial charge in [-0.25, -0.2) is 9.18 Å². The second kappa shape index (κ2) is 5.00. The molecule has 110 valence electrons. The zero-order valence-corrected chi connectivity index (χ0v) is 11.6. The van der Waals surface area contributed by atoms with Crippen molar-refractivity contribution in [2.45, 2.75) is 6.04 Å². The molecular weight excluding hydrogens is 301 g/mol. The van der Waals surface area contributed by atoms with Crippen molar-refractivity contribution in [1.82, 2.24) is 15.1 Å². The summed E-state index contributed by atoms with van der Waals surface area (Å²) in [6.45, 7) is 0.504. The first-order valence-corrected chi connectivity index (χ1v) is 6.69. The summed E-state index contributed by atoms with van der Waals surface area (Å²) in [6, 6.07) is 2.80. The lowest BCUT2D eigenvalue weighted by Gasteiger charge is -2.42. The molecule has 4 amide bonds. The third kappa shape index (κ3) is 2.33. The van der Waals surface area contributed by atoms with Gasteiger partial charge in [0, 0.05) is 13.1 Å². The van der Waals surface area contributed by atoms with Gasteiger partial charge in [0.25, 0.3) is 5.91 Å². The Kier molecular flexibility index (Phi) is 3.29. The van der Waals surface area contributed by atoms with Crippen LogP contribution in [-0.2, 0) is 4.79 Å². The Morgan fingerprint density at radius 1 is 1.33 bits per heavy atom. The number of amides is 4. The van der Waals surface area contributed by atoms with Crippen molar-refractivity contribution in [2.24, 2.45) is 0 Å². The summed E-state index contributed by atoms with van der Waals surface area (Å²) in [5.41, 5.74) is 0.203. The van der Waals surface area contributed by atoms with Crippen molar-refractivity contribution in [1.29, 1.82) is 0 Å². The highest BCUT2D eigenvalue weighted by Crippen LogP contribution is 2.24. The summed E-state index contributed by atoms with van der Waals surface area (Å²) in [7, 11) is 0. The van der Waals surface area contributed by atoms with Crippen molar-refractivity contribution >= 4 is 29.4 Å². The minimum Gasteiger partial charge on any atom is -0.334 e. The Labute approximate surface area is 124 Å². The predicted octanol–water partition coefficient (Wildman–Crippen LogP) is 0.855. The van der Waals surface area contributed by atoms with E-state index in [1.807, 2.05) is 0 Å². The molecule has 1 N–H and O–H groups in total. The van der Waals surface area contributed by atoms with E-state index in [-0.39, 0.29) is 48.1 Å². The van der Waals surface area contributed by atoms with Gasteiger partial charge in [-0.15, -0.1) is 0 Å². The summed E-state index contributed by atoms with van der Waals surface area (Å²) in [6.07, 6.45) is 0. The van der Waals surface area contributed by atoms with Gasteiger partial charge in [0.15, 0.2) is 0 Å². The first-order valence-electron chi connectivity index (χ1n) is 6.31. The van der Waals surface area contributed by atoms with E-state index < -0.39 is 11.8 Å². The van der Waals surface area contributed by atoms with Crippen molar-refractivity contribution in [3.05, 3.63) is 34.6 Å². The smallest absolute Gasteiger partial charge is 0.324 e. The molecule has 0 aliphatic carbocycles. The maximum atomic E-state index is 13.0. The van der Waals surface area contributed by atoms with Gasteiger partial charge in [0.1, 0.15) is 5.82 Å². The van der Waals surface area contributed by atoms with E-state index in [2.05, 4.69) is 5.32 Å². The van der Waals surface area contributed by atoms with Crippen LogP contribution in [0.3, 0.4) is 0 Å². The lowest BCUT2D eigenvalue weighted by Crippen LogP contribution is -2.62. The van der Waals surface area contributed by atoms with E-state index in [9.17, 15) is 18.8 Å². The molecular formula is C13H11ClFN3O3. The molecule has 0 atom stereocenters. The minimum atomic E-state index is -0.516. The molecule has 0 unspecified atom stereocenters. The second-order valence-corrected chi connectivity index (χ2v) is 5.32. The van der Waals surface area contributed by atoms with Gasteiger partial charge < -0.3 is 10.2 Å². The lowest BCUT2D eigenvalue weighted by atomic mass is 10.0. The average Bonchev–Trinajstić information content (AvgIpc) is 2.69. The number of benzene rings is 1. The van der Waals surface area contributed by atoms with Gasteiger partial charge in [-0.1, -0.05) is 11.6 Å². The molecule has 1 aromatic carbocycles. The second-order valence-electron chi connectivity index (χ2n) is 4.91. The molecule has 0 aromatic heterocycles. The van der Waals surface area contributed by atoms with E-state index in [4.69, 9.17) is 11.6 Å². The molecule has 0 spiro atoms. The minimum absolute atomic E-state index is 0.00687.